The predicted octanol–water partition coefficient (Wildman–Crippen LogP) is 4.66. The third-order valence-corrected chi connectivity index (χ3v) is 4.85. The standard InChI is InChI=1S/C14H12Br2OS/c15-13-5-1-11(2-6-13)9-18(17)10-12-3-7-14(16)8-4-12/h1-8H,9-10H2. The molecule has 0 fully saturated rings. The first-order chi connectivity index (χ1) is 8.63. The molecular formula is C14H12Br2OS. The summed E-state index contributed by atoms with van der Waals surface area (Å²) < 4.78 is 14.1. The molecule has 1 nitrogen and oxygen atoms in total. The zero-order chi connectivity index (χ0) is 13.0. The molecule has 2 rings (SSSR count). The smallest absolute Gasteiger partial charge is 0.131 e. The second-order valence-corrected chi connectivity index (χ2v) is 7.27. The van der Waals surface area contributed by atoms with Crippen LogP contribution in [0.1, 0.15) is 11.1 Å². The summed E-state index contributed by atoms with van der Waals surface area (Å²) in [4.78, 5) is 0. The quantitative estimate of drug-likeness (QED) is 0.699. The van der Waals surface area contributed by atoms with Crippen molar-refractivity contribution in [1.29, 1.82) is 0 Å². The van der Waals surface area contributed by atoms with Crippen molar-refractivity contribution in [2.75, 3.05) is 0 Å². The summed E-state index contributed by atoms with van der Waals surface area (Å²) in [7, 11) is 0. The zero-order valence-electron chi connectivity index (χ0n) is 9.61. The van der Waals surface area contributed by atoms with Gasteiger partial charge in [0.25, 0.3) is 0 Å². The summed E-state index contributed by atoms with van der Waals surface area (Å²) in [5.41, 5.74) is 2.21. The zero-order valence-corrected chi connectivity index (χ0v) is 13.6. The van der Waals surface area contributed by atoms with Gasteiger partial charge < -0.3 is 4.55 Å². The summed E-state index contributed by atoms with van der Waals surface area (Å²) in [6, 6.07) is 15.9. The highest BCUT2D eigenvalue weighted by molar-refractivity contribution is 9.10. The summed E-state index contributed by atoms with van der Waals surface area (Å²) in [5, 5.41) is 0. The lowest BCUT2D eigenvalue weighted by Crippen LogP contribution is -2.07. The molecule has 0 aliphatic heterocycles. The fraction of sp³-hybridized carbons (Fsp3) is 0.143. The third kappa shape index (κ3) is 4.43. The van der Waals surface area contributed by atoms with Crippen molar-refractivity contribution < 1.29 is 4.55 Å². The fourth-order valence-corrected chi connectivity index (χ4v) is 3.34. The molecule has 18 heavy (non-hydrogen) atoms. The molecule has 2 aromatic carbocycles. The van der Waals surface area contributed by atoms with E-state index in [2.05, 4.69) is 31.9 Å². The molecule has 4 heteroatoms. The van der Waals surface area contributed by atoms with Crippen molar-refractivity contribution in [3.8, 4) is 0 Å². The highest BCUT2D eigenvalue weighted by Gasteiger charge is 2.09. The van der Waals surface area contributed by atoms with E-state index in [9.17, 15) is 4.55 Å². The Bertz CT molecular complexity index is 449. The average molecular weight is 388 g/mol. The van der Waals surface area contributed by atoms with Crippen LogP contribution in [0.25, 0.3) is 0 Å². The van der Waals surface area contributed by atoms with Crippen LogP contribution in [-0.4, -0.2) is 4.55 Å². The van der Waals surface area contributed by atoms with E-state index in [4.69, 9.17) is 0 Å². The Morgan fingerprint density at radius 1 is 0.722 bits per heavy atom. The van der Waals surface area contributed by atoms with Gasteiger partial charge in [0, 0.05) is 20.1 Å². The van der Waals surface area contributed by atoms with E-state index >= 15 is 0 Å². The van der Waals surface area contributed by atoms with Crippen LogP contribution in [0.2, 0.25) is 0 Å². The summed E-state index contributed by atoms with van der Waals surface area (Å²) in [6.07, 6.45) is 0. The maximum absolute atomic E-state index is 12.0. The minimum atomic E-state index is -0.866. The fourth-order valence-electron chi connectivity index (χ4n) is 1.58. The van der Waals surface area contributed by atoms with E-state index < -0.39 is 11.2 Å². The van der Waals surface area contributed by atoms with Crippen molar-refractivity contribution in [3.05, 3.63) is 68.6 Å². The molecular weight excluding hydrogens is 376 g/mol. The molecule has 0 unspecified atom stereocenters. The van der Waals surface area contributed by atoms with Gasteiger partial charge in [-0.15, -0.1) is 0 Å². The van der Waals surface area contributed by atoms with Crippen LogP contribution in [0.3, 0.4) is 0 Å². The summed E-state index contributed by atoms with van der Waals surface area (Å²) in [5.74, 6) is 1.20. The third-order valence-electron chi connectivity index (χ3n) is 2.48. The minimum Gasteiger partial charge on any atom is -0.616 e. The first-order valence-electron chi connectivity index (χ1n) is 5.47. The van der Waals surface area contributed by atoms with Gasteiger partial charge in [-0.3, -0.25) is 0 Å². The van der Waals surface area contributed by atoms with E-state index in [1.54, 1.807) is 0 Å². The largest absolute Gasteiger partial charge is 0.616 e. The van der Waals surface area contributed by atoms with Crippen molar-refractivity contribution in [2.45, 2.75) is 11.5 Å². The van der Waals surface area contributed by atoms with Gasteiger partial charge in [-0.2, -0.15) is 0 Å². The van der Waals surface area contributed by atoms with Gasteiger partial charge in [-0.1, -0.05) is 56.1 Å². The normalized spacial score (nSPS) is 10.9. The molecule has 0 amide bonds. The highest BCUT2D eigenvalue weighted by Crippen LogP contribution is 2.17. The molecule has 0 heterocycles. The lowest BCUT2D eigenvalue weighted by Gasteiger charge is -2.11. The number of halogens is 2. The molecule has 0 spiro atoms. The van der Waals surface area contributed by atoms with Crippen LogP contribution in [0, 0.1) is 0 Å². The van der Waals surface area contributed by atoms with Gasteiger partial charge in [0.1, 0.15) is 11.5 Å². The maximum Gasteiger partial charge on any atom is 0.131 e. The average Bonchev–Trinajstić information content (AvgIpc) is 2.35. The van der Waals surface area contributed by atoms with Crippen LogP contribution in [0.15, 0.2) is 57.5 Å². The van der Waals surface area contributed by atoms with Crippen LogP contribution in [-0.2, 0) is 22.7 Å². The predicted molar refractivity (Wildman–Crippen MR) is 83.8 cm³/mol. The second-order valence-electron chi connectivity index (χ2n) is 3.98. The Hall–Kier alpha value is -0.290. The molecule has 0 N–H and O–H groups in total. The molecule has 0 saturated carbocycles. The van der Waals surface area contributed by atoms with Crippen LogP contribution >= 0.6 is 31.9 Å². The molecule has 0 radical (unpaired) electrons. The van der Waals surface area contributed by atoms with Gasteiger partial charge in [-0.05, 0) is 35.4 Å². The molecule has 0 saturated heterocycles. The van der Waals surface area contributed by atoms with Crippen LogP contribution in [0.4, 0.5) is 0 Å². The van der Waals surface area contributed by atoms with Crippen molar-refractivity contribution in [2.24, 2.45) is 0 Å². The Labute approximate surface area is 127 Å². The van der Waals surface area contributed by atoms with Crippen molar-refractivity contribution >= 4 is 43.0 Å². The van der Waals surface area contributed by atoms with E-state index in [-0.39, 0.29) is 0 Å². The number of rotatable bonds is 4. The van der Waals surface area contributed by atoms with Crippen molar-refractivity contribution in [1.82, 2.24) is 0 Å². The SMILES string of the molecule is [O-][S+](Cc1ccc(Br)cc1)Cc1ccc(Br)cc1. The highest BCUT2D eigenvalue weighted by atomic mass is 79.9. The van der Waals surface area contributed by atoms with Gasteiger partial charge >= 0.3 is 0 Å². The van der Waals surface area contributed by atoms with Crippen LogP contribution in [0.5, 0.6) is 0 Å². The molecule has 0 aliphatic carbocycles. The molecule has 94 valence electrons. The molecule has 0 aliphatic rings. The maximum atomic E-state index is 12.0. The molecule has 2 aromatic rings. The minimum absolute atomic E-state index is 0.601. The Kier molecular flexibility index (Phi) is 5.30. The monoisotopic (exact) mass is 386 g/mol. The summed E-state index contributed by atoms with van der Waals surface area (Å²) >= 11 is 5.92. The first kappa shape index (κ1) is 14.1. The van der Waals surface area contributed by atoms with E-state index in [1.165, 1.54) is 0 Å². The number of benzene rings is 2. The Morgan fingerprint density at radius 2 is 1.06 bits per heavy atom. The van der Waals surface area contributed by atoms with Gasteiger partial charge in [0.15, 0.2) is 0 Å². The van der Waals surface area contributed by atoms with E-state index in [1.807, 2.05) is 48.5 Å². The molecule has 0 bridgehead atoms. The lowest BCUT2D eigenvalue weighted by atomic mass is 10.2. The number of hydrogen-bond donors (Lipinski definition) is 0. The number of hydrogen-bond acceptors (Lipinski definition) is 1. The van der Waals surface area contributed by atoms with E-state index in [0.717, 1.165) is 20.1 Å². The van der Waals surface area contributed by atoms with Gasteiger partial charge in [0.2, 0.25) is 0 Å². The topological polar surface area (TPSA) is 23.1 Å². The van der Waals surface area contributed by atoms with E-state index in [0.29, 0.717) is 11.5 Å². The van der Waals surface area contributed by atoms with Crippen LogP contribution < -0.4 is 0 Å². The Morgan fingerprint density at radius 3 is 1.39 bits per heavy atom. The van der Waals surface area contributed by atoms with Gasteiger partial charge in [0.05, 0.1) is 0 Å². The Balaban J connectivity index is 1.94. The van der Waals surface area contributed by atoms with Gasteiger partial charge in [-0.25, -0.2) is 0 Å². The lowest BCUT2D eigenvalue weighted by molar-refractivity contribution is 0.593. The second kappa shape index (κ2) is 6.75. The van der Waals surface area contributed by atoms with Crippen molar-refractivity contribution in [3.63, 3.8) is 0 Å². The summed E-state index contributed by atoms with van der Waals surface area (Å²) in [6.45, 7) is 0. The molecule has 0 aromatic heterocycles. The molecule has 0 atom stereocenters. The first-order valence-corrected chi connectivity index (χ1v) is 8.55.